The fourth-order valence-electron chi connectivity index (χ4n) is 3.98. The second-order valence-electron chi connectivity index (χ2n) is 7.72. The summed E-state index contributed by atoms with van der Waals surface area (Å²) < 4.78 is 14.1. The highest BCUT2D eigenvalue weighted by molar-refractivity contribution is 7.09. The molecular formula is C21H24ClFN4O2S. The molecule has 4 rings (SSSR count). The maximum atomic E-state index is 14.1. The van der Waals surface area contributed by atoms with E-state index in [-0.39, 0.29) is 28.3 Å². The molecule has 0 saturated carbocycles. The first-order valence-electron chi connectivity index (χ1n) is 10.3. The molecule has 1 aromatic heterocycles. The lowest BCUT2D eigenvalue weighted by atomic mass is 9.97. The fraction of sp³-hybridized carbons (Fsp3) is 0.476. The first-order chi connectivity index (χ1) is 14.5. The first-order valence-corrected chi connectivity index (χ1v) is 11.5. The Bertz CT molecular complexity index is 903. The highest BCUT2D eigenvalue weighted by atomic mass is 35.5. The Kier molecular flexibility index (Phi) is 6.65. The molecule has 160 valence electrons. The van der Waals surface area contributed by atoms with E-state index < -0.39 is 5.82 Å². The van der Waals surface area contributed by atoms with Gasteiger partial charge in [0.1, 0.15) is 11.5 Å². The van der Waals surface area contributed by atoms with Crippen molar-refractivity contribution in [2.45, 2.75) is 38.0 Å². The van der Waals surface area contributed by atoms with Gasteiger partial charge >= 0.3 is 0 Å². The van der Waals surface area contributed by atoms with Crippen LogP contribution in [0.3, 0.4) is 0 Å². The van der Waals surface area contributed by atoms with Crippen LogP contribution < -0.4 is 5.43 Å². The summed E-state index contributed by atoms with van der Waals surface area (Å²) in [6.07, 6.45) is 4.84. The van der Waals surface area contributed by atoms with Gasteiger partial charge in [-0.15, -0.1) is 11.3 Å². The summed E-state index contributed by atoms with van der Waals surface area (Å²) in [5.74, 6) is -0.955. The zero-order valence-corrected chi connectivity index (χ0v) is 18.1. The largest absolute Gasteiger partial charge is 0.338 e. The number of aromatic nitrogens is 1. The van der Waals surface area contributed by atoms with Crippen LogP contribution in [0.2, 0.25) is 5.02 Å². The third-order valence-corrected chi connectivity index (χ3v) is 7.00. The van der Waals surface area contributed by atoms with Crippen LogP contribution >= 0.6 is 22.9 Å². The highest BCUT2D eigenvalue weighted by Crippen LogP contribution is 2.32. The molecule has 1 aromatic carbocycles. The van der Waals surface area contributed by atoms with E-state index in [0.717, 1.165) is 43.8 Å². The van der Waals surface area contributed by atoms with Gasteiger partial charge in [0.2, 0.25) is 0 Å². The summed E-state index contributed by atoms with van der Waals surface area (Å²) in [5, 5.41) is 4.80. The fourth-order valence-corrected chi connectivity index (χ4v) is 5.19. The van der Waals surface area contributed by atoms with Crippen molar-refractivity contribution < 1.29 is 14.0 Å². The van der Waals surface area contributed by atoms with Crippen molar-refractivity contribution in [3.8, 4) is 0 Å². The van der Waals surface area contributed by atoms with Crippen LogP contribution in [0.1, 0.15) is 63.9 Å². The number of nitrogens with zero attached hydrogens (tertiary/aromatic N) is 3. The molecule has 2 amide bonds. The van der Waals surface area contributed by atoms with Crippen LogP contribution in [0.25, 0.3) is 0 Å². The van der Waals surface area contributed by atoms with Gasteiger partial charge < -0.3 is 4.90 Å². The maximum Gasteiger partial charge on any atom is 0.285 e. The summed E-state index contributed by atoms with van der Waals surface area (Å²) >= 11 is 7.52. The highest BCUT2D eigenvalue weighted by Gasteiger charge is 2.29. The van der Waals surface area contributed by atoms with Crippen molar-refractivity contribution in [2.24, 2.45) is 0 Å². The van der Waals surface area contributed by atoms with Gasteiger partial charge in [0.25, 0.3) is 11.8 Å². The lowest BCUT2D eigenvalue weighted by Gasteiger charge is -2.31. The molecule has 0 bridgehead atoms. The lowest BCUT2D eigenvalue weighted by Crippen LogP contribution is -2.45. The Morgan fingerprint density at radius 1 is 1.13 bits per heavy atom. The molecule has 2 aliphatic heterocycles. The van der Waals surface area contributed by atoms with Crippen LogP contribution in [0.15, 0.2) is 23.6 Å². The lowest BCUT2D eigenvalue weighted by molar-refractivity contribution is 0.0708. The number of benzene rings is 1. The number of rotatable bonds is 4. The topological polar surface area (TPSA) is 65.5 Å². The monoisotopic (exact) mass is 450 g/mol. The van der Waals surface area contributed by atoms with E-state index in [4.69, 9.17) is 11.6 Å². The van der Waals surface area contributed by atoms with E-state index in [1.54, 1.807) is 10.3 Å². The molecular weight excluding hydrogens is 427 g/mol. The Hall–Kier alpha value is -2.03. The number of thiazole rings is 1. The number of carbonyl (C=O) groups is 2. The van der Waals surface area contributed by atoms with E-state index in [2.05, 4.69) is 10.4 Å². The molecule has 0 atom stereocenters. The van der Waals surface area contributed by atoms with Crippen molar-refractivity contribution in [3.63, 3.8) is 0 Å². The molecule has 0 unspecified atom stereocenters. The Morgan fingerprint density at radius 2 is 1.87 bits per heavy atom. The van der Waals surface area contributed by atoms with Gasteiger partial charge in [0, 0.05) is 37.5 Å². The van der Waals surface area contributed by atoms with E-state index in [9.17, 15) is 14.0 Å². The molecule has 3 heterocycles. The van der Waals surface area contributed by atoms with Gasteiger partial charge in [-0.25, -0.2) is 14.4 Å². The van der Waals surface area contributed by atoms with Crippen LogP contribution in [-0.2, 0) is 0 Å². The van der Waals surface area contributed by atoms with Crippen molar-refractivity contribution in [2.75, 3.05) is 26.2 Å². The molecule has 2 fully saturated rings. The quantitative estimate of drug-likeness (QED) is 0.762. The molecule has 1 N–H and O–H groups in total. The predicted molar refractivity (Wildman–Crippen MR) is 114 cm³/mol. The van der Waals surface area contributed by atoms with Crippen molar-refractivity contribution in [3.05, 3.63) is 50.7 Å². The van der Waals surface area contributed by atoms with Gasteiger partial charge in [-0.1, -0.05) is 24.1 Å². The average Bonchev–Trinajstić information content (AvgIpc) is 3.25. The van der Waals surface area contributed by atoms with Crippen LogP contribution in [0, 0.1) is 5.82 Å². The number of carbonyl (C=O) groups excluding carboxylic acids is 2. The smallest absolute Gasteiger partial charge is 0.285 e. The summed E-state index contributed by atoms with van der Waals surface area (Å²) in [7, 11) is 0. The summed E-state index contributed by atoms with van der Waals surface area (Å²) in [4.78, 5) is 31.3. The number of hydrogen-bond donors (Lipinski definition) is 1. The molecule has 0 spiro atoms. The van der Waals surface area contributed by atoms with Gasteiger partial charge in [-0.3, -0.25) is 15.0 Å². The molecule has 2 saturated heterocycles. The normalized spacial score (nSPS) is 18.4. The maximum absolute atomic E-state index is 14.1. The summed E-state index contributed by atoms with van der Waals surface area (Å²) in [6, 6.07) is 4.26. The molecule has 9 heteroatoms. The molecule has 30 heavy (non-hydrogen) atoms. The minimum Gasteiger partial charge on any atom is -0.338 e. The van der Waals surface area contributed by atoms with Crippen LogP contribution in [-0.4, -0.2) is 52.9 Å². The van der Waals surface area contributed by atoms with Gasteiger partial charge in [0.05, 0.1) is 15.6 Å². The van der Waals surface area contributed by atoms with E-state index >= 15 is 0 Å². The minimum atomic E-state index is -0.598. The Balaban J connectivity index is 1.34. The molecule has 2 aromatic rings. The minimum absolute atomic E-state index is 0.0662. The number of halogens is 2. The van der Waals surface area contributed by atoms with E-state index in [1.165, 1.54) is 36.0 Å². The average molecular weight is 451 g/mol. The molecule has 6 nitrogen and oxygen atoms in total. The van der Waals surface area contributed by atoms with Gasteiger partial charge in [0.15, 0.2) is 0 Å². The second kappa shape index (κ2) is 9.41. The SMILES string of the molecule is O=C(NN1CCCCC1)c1csc(C2CCN(C(=O)c3c(F)cccc3Cl)CC2)n1. The van der Waals surface area contributed by atoms with E-state index in [0.29, 0.717) is 18.8 Å². The Morgan fingerprint density at radius 3 is 2.57 bits per heavy atom. The van der Waals surface area contributed by atoms with Crippen LogP contribution in [0.4, 0.5) is 4.39 Å². The Labute approximate surface area is 184 Å². The van der Waals surface area contributed by atoms with Crippen LogP contribution in [0.5, 0.6) is 0 Å². The number of nitrogens with one attached hydrogen (secondary N) is 1. The summed E-state index contributed by atoms with van der Waals surface area (Å²) in [6.45, 7) is 2.76. The molecule has 2 aliphatic rings. The molecule has 0 aliphatic carbocycles. The number of piperidine rings is 2. The zero-order chi connectivity index (χ0) is 21.1. The van der Waals surface area contributed by atoms with Crippen molar-refractivity contribution >= 4 is 34.8 Å². The third kappa shape index (κ3) is 4.66. The van der Waals surface area contributed by atoms with Gasteiger partial charge in [-0.2, -0.15) is 0 Å². The van der Waals surface area contributed by atoms with Crippen molar-refractivity contribution in [1.82, 2.24) is 20.3 Å². The third-order valence-electron chi connectivity index (χ3n) is 5.68. The molecule has 0 radical (unpaired) electrons. The van der Waals surface area contributed by atoms with Gasteiger partial charge in [-0.05, 0) is 37.8 Å². The standard InChI is InChI=1S/C21H24ClFN4O2S/c22-15-5-4-6-16(23)18(15)21(29)26-11-7-14(8-12-26)20-24-17(13-30-20)19(28)25-27-9-2-1-3-10-27/h4-6,13-14H,1-3,7-12H2,(H,25,28). The number of hydrazine groups is 1. The first kappa shape index (κ1) is 21.2. The number of amides is 2. The summed E-state index contributed by atoms with van der Waals surface area (Å²) in [5.41, 5.74) is 3.32. The van der Waals surface area contributed by atoms with E-state index in [1.807, 2.05) is 5.01 Å². The number of likely N-dealkylation sites (tertiary alicyclic amines) is 1. The second-order valence-corrected chi connectivity index (χ2v) is 9.02. The van der Waals surface area contributed by atoms with Crippen molar-refractivity contribution in [1.29, 1.82) is 0 Å². The zero-order valence-electron chi connectivity index (χ0n) is 16.6. The predicted octanol–water partition coefficient (Wildman–Crippen LogP) is 4.09. The number of hydrogen-bond acceptors (Lipinski definition) is 5.